The summed E-state index contributed by atoms with van der Waals surface area (Å²) in [7, 11) is 2.02. The molecule has 2 heterocycles. The predicted molar refractivity (Wildman–Crippen MR) is 73.2 cm³/mol. The van der Waals surface area contributed by atoms with Crippen LogP contribution in [0, 0.1) is 6.92 Å². The highest BCUT2D eigenvalue weighted by molar-refractivity contribution is 7.14. The van der Waals surface area contributed by atoms with Crippen molar-refractivity contribution in [2.75, 3.05) is 5.73 Å². The van der Waals surface area contributed by atoms with Crippen LogP contribution in [0.15, 0.2) is 29.6 Å². The maximum atomic E-state index is 5.96. The summed E-state index contributed by atoms with van der Waals surface area (Å²) in [5, 5.41) is 2.81. The number of thiophene rings is 1. The maximum absolute atomic E-state index is 5.96. The standard InChI is InChI=1S/C13H13N3S/c1-8-3-4-11-10(7-8)15-13(16(11)2)9-5-6-17-12(9)14/h3-7H,14H2,1-2H3. The lowest BCUT2D eigenvalue weighted by molar-refractivity contribution is 0.961. The molecule has 0 fully saturated rings. The monoisotopic (exact) mass is 243 g/mol. The van der Waals surface area contributed by atoms with Gasteiger partial charge in [0.05, 0.1) is 21.6 Å². The van der Waals surface area contributed by atoms with Gasteiger partial charge in [-0.25, -0.2) is 4.98 Å². The number of nitrogens with two attached hydrogens (primary N) is 1. The number of imidazole rings is 1. The van der Waals surface area contributed by atoms with Crippen LogP contribution in [-0.4, -0.2) is 9.55 Å². The van der Waals surface area contributed by atoms with E-state index >= 15 is 0 Å². The molecule has 0 amide bonds. The molecule has 0 bridgehead atoms. The number of aryl methyl sites for hydroxylation is 2. The molecule has 0 spiro atoms. The average Bonchev–Trinajstić information content (AvgIpc) is 2.83. The van der Waals surface area contributed by atoms with Crippen LogP contribution in [0.3, 0.4) is 0 Å². The van der Waals surface area contributed by atoms with Gasteiger partial charge in [0.15, 0.2) is 0 Å². The third-order valence-electron chi connectivity index (χ3n) is 2.97. The summed E-state index contributed by atoms with van der Waals surface area (Å²) in [4.78, 5) is 4.67. The van der Waals surface area contributed by atoms with Crippen molar-refractivity contribution < 1.29 is 0 Å². The second kappa shape index (κ2) is 3.60. The Labute approximate surface area is 104 Å². The minimum atomic E-state index is 0.820. The molecule has 3 aromatic rings. The number of benzene rings is 1. The Morgan fingerprint density at radius 3 is 2.82 bits per heavy atom. The number of fused-ring (bicyclic) bond motifs is 1. The first kappa shape index (κ1) is 10.4. The fourth-order valence-corrected chi connectivity index (χ4v) is 2.69. The van der Waals surface area contributed by atoms with E-state index in [1.54, 1.807) is 11.3 Å². The van der Waals surface area contributed by atoms with Crippen LogP contribution in [-0.2, 0) is 7.05 Å². The van der Waals surface area contributed by atoms with E-state index in [1.807, 2.05) is 18.5 Å². The topological polar surface area (TPSA) is 43.8 Å². The Morgan fingerprint density at radius 2 is 2.12 bits per heavy atom. The molecule has 17 heavy (non-hydrogen) atoms. The van der Waals surface area contributed by atoms with E-state index in [2.05, 4.69) is 34.7 Å². The minimum Gasteiger partial charge on any atom is -0.390 e. The zero-order valence-corrected chi connectivity index (χ0v) is 10.6. The highest BCUT2D eigenvalue weighted by Crippen LogP contribution is 2.31. The zero-order valence-electron chi connectivity index (χ0n) is 9.77. The Bertz CT molecular complexity index is 694. The first-order valence-electron chi connectivity index (χ1n) is 5.43. The molecule has 86 valence electrons. The van der Waals surface area contributed by atoms with Crippen LogP contribution >= 0.6 is 11.3 Å². The lowest BCUT2D eigenvalue weighted by atomic mass is 10.2. The van der Waals surface area contributed by atoms with Crippen molar-refractivity contribution in [3.63, 3.8) is 0 Å². The number of aromatic nitrogens is 2. The van der Waals surface area contributed by atoms with Crippen molar-refractivity contribution >= 4 is 27.4 Å². The predicted octanol–water partition coefficient (Wildman–Crippen LogP) is 3.19. The smallest absolute Gasteiger partial charge is 0.143 e. The van der Waals surface area contributed by atoms with Crippen LogP contribution in [0.5, 0.6) is 0 Å². The number of hydrogen-bond acceptors (Lipinski definition) is 3. The lowest BCUT2D eigenvalue weighted by Gasteiger charge is -2.01. The molecule has 4 heteroatoms. The van der Waals surface area contributed by atoms with Gasteiger partial charge >= 0.3 is 0 Å². The summed E-state index contributed by atoms with van der Waals surface area (Å²) in [5.74, 6) is 0.935. The van der Waals surface area contributed by atoms with Crippen molar-refractivity contribution in [1.82, 2.24) is 9.55 Å². The van der Waals surface area contributed by atoms with Gasteiger partial charge in [0.1, 0.15) is 5.82 Å². The van der Waals surface area contributed by atoms with Crippen LogP contribution in [0.4, 0.5) is 5.00 Å². The van der Waals surface area contributed by atoms with Crippen molar-refractivity contribution in [1.29, 1.82) is 0 Å². The molecule has 0 radical (unpaired) electrons. The Hall–Kier alpha value is -1.81. The van der Waals surface area contributed by atoms with Crippen molar-refractivity contribution in [3.05, 3.63) is 35.2 Å². The SMILES string of the molecule is Cc1ccc2c(c1)nc(-c1ccsc1N)n2C. The average molecular weight is 243 g/mol. The fraction of sp³-hybridized carbons (Fsp3) is 0.154. The molecule has 0 aliphatic carbocycles. The largest absolute Gasteiger partial charge is 0.390 e. The summed E-state index contributed by atoms with van der Waals surface area (Å²) in [6.45, 7) is 2.08. The molecular weight excluding hydrogens is 230 g/mol. The minimum absolute atomic E-state index is 0.820. The van der Waals surface area contributed by atoms with Gasteiger partial charge in [0, 0.05) is 7.05 Å². The van der Waals surface area contributed by atoms with E-state index in [0.717, 1.165) is 27.4 Å². The van der Waals surface area contributed by atoms with Gasteiger partial charge in [0.2, 0.25) is 0 Å². The molecule has 0 unspecified atom stereocenters. The van der Waals surface area contributed by atoms with Crippen molar-refractivity contribution in [3.8, 4) is 11.4 Å². The molecular formula is C13H13N3S. The molecule has 0 aliphatic rings. The maximum Gasteiger partial charge on any atom is 0.143 e. The number of nitrogen functional groups attached to an aromatic ring is 1. The first-order valence-corrected chi connectivity index (χ1v) is 6.31. The molecule has 0 atom stereocenters. The van der Waals surface area contributed by atoms with Gasteiger partial charge in [-0.1, -0.05) is 6.07 Å². The number of anilines is 1. The third kappa shape index (κ3) is 1.52. The first-order chi connectivity index (χ1) is 8.16. The number of rotatable bonds is 1. The fourth-order valence-electron chi connectivity index (χ4n) is 2.06. The highest BCUT2D eigenvalue weighted by atomic mass is 32.1. The van der Waals surface area contributed by atoms with E-state index in [1.165, 1.54) is 5.56 Å². The van der Waals surface area contributed by atoms with E-state index in [0.29, 0.717) is 0 Å². The molecule has 2 N–H and O–H groups in total. The normalized spacial score (nSPS) is 11.2. The quantitative estimate of drug-likeness (QED) is 0.713. The molecule has 1 aromatic carbocycles. The Balaban J connectivity index is 2.31. The van der Waals surface area contributed by atoms with Crippen molar-refractivity contribution in [2.24, 2.45) is 7.05 Å². The van der Waals surface area contributed by atoms with Crippen LogP contribution < -0.4 is 5.73 Å². The van der Waals surface area contributed by atoms with Gasteiger partial charge in [-0.15, -0.1) is 11.3 Å². The van der Waals surface area contributed by atoms with E-state index < -0.39 is 0 Å². The second-order valence-corrected chi connectivity index (χ2v) is 5.13. The summed E-state index contributed by atoms with van der Waals surface area (Å²) >= 11 is 1.55. The van der Waals surface area contributed by atoms with Crippen molar-refractivity contribution in [2.45, 2.75) is 6.92 Å². The van der Waals surface area contributed by atoms with Gasteiger partial charge in [0.25, 0.3) is 0 Å². The summed E-state index contributed by atoms with van der Waals surface area (Å²) in [5.41, 5.74) is 10.4. The van der Waals surface area contributed by atoms with Crippen LogP contribution in [0.2, 0.25) is 0 Å². The molecule has 2 aromatic heterocycles. The molecule has 0 saturated carbocycles. The van der Waals surface area contributed by atoms with Gasteiger partial charge in [-0.2, -0.15) is 0 Å². The molecule has 3 rings (SSSR count). The summed E-state index contributed by atoms with van der Waals surface area (Å²) < 4.78 is 2.09. The van der Waals surface area contributed by atoms with Gasteiger partial charge in [-0.3, -0.25) is 0 Å². The van der Waals surface area contributed by atoms with Gasteiger partial charge < -0.3 is 10.3 Å². The zero-order chi connectivity index (χ0) is 12.0. The lowest BCUT2D eigenvalue weighted by Crippen LogP contribution is -1.93. The molecule has 3 nitrogen and oxygen atoms in total. The van der Waals surface area contributed by atoms with E-state index in [-0.39, 0.29) is 0 Å². The highest BCUT2D eigenvalue weighted by Gasteiger charge is 2.12. The van der Waals surface area contributed by atoms with Crippen LogP contribution in [0.25, 0.3) is 22.4 Å². The third-order valence-corrected chi connectivity index (χ3v) is 3.72. The molecule has 0 saturated heterocycles. The van der Waals surface area contributed by atoms with Crippen LogP contribution in [0.1, 0.15) is 5.56 Å². The Kier molecular flexibility index (Phi) is 2.19. The Morgan fingerprint density at radius 1 is 1.29 bits per heavy atom. The summed E-state index contributed by atoms with van der Waals surface area (Å²) in [6, 6.07) is 8.32. The number of hydrogen-bond donors (Lipinski definition) is 1. The van der Waals surface area contributed by atoms with E-state index in [9.17, 15) is 0 Å². The van der Waals surface area contributed by atoms with Gasteiger partial charge in [-0.05, 0) is 36.1 Å². The molecule has 0 aliphatic heterocycles. The number of nitrogens with zero attached hydrogens (tertiary/aromatic N) is 2. The summed E-state index contributed by atoms with van der Waals surface area (Å²) in [6.07, 6.45) is 0. The second-order valence-electron chi connectivity index (χ2n) is 4.19. The van der Waals surface area contributed by atoms with E-state index in [4.69, 9.17) is 5.73 Å².